The van der Waals surface area contributed by atoms with Gasteiger partial charge in [-0.1, -0.05) is 53.8 Å². The maximum atomic E-state index is 13.0. The number of benzene rings is 2. The van der Waals surface area contributed by atoms with Gasteiger partial charge in [0.15, 0.2) is 11.4 Å². The Kier molecular flexibility index (Phi) is 15.3. The van der Waals surface area contributed by atoms with Gasteiger partial charge in [0.2, 0.25) is 11.8 Å². The van der Waals surface area contributed by atoms with Gasteiger partial charge in [0.05, 0.1) is 42.9 Å². The molecule has 0 aliphatic carbocycles. The molecule has 0 saturated carbocycles. The first-order valence-electron chi connectivity index (χ1n) is 17.7. The Labute approximate surface area is 357 Å². The molecule has 324 valence electrons. The van der Waals surface area contributed by atoms with Crippen LogP contribution in [0.2, 0.25) is 20.1 Å². The van der Waals surface area contributed by atoms with Crippen LogP contribution in [-0.2, 0) is 35.0 Å². The van der Waals surface area contributed by atoms with Crippen LogP contribution < -0.4 is 20.4 Å². The topological polar surface area (TPSA) is 112 Å². The summed E-state index contributed by atoms with van der Waals surface area (Å²) in [6.45, 7) is 6.36. The van der Waals surface area contributed by atoms with Crippen molar-refractivity contribution in [2.75, 3.05) is 86.9 Å². The van der Waals surface area contributed by atoms with Crippen LogP contribution in [0.1, 0.15) is 30.2 Å². The predicted molar refractivity (Wildman–Crippen MR) is 220 cm³/mol. The Morgan fingerprint density at radius 2 is 1.03 bits per heavy atom. The lowest BCUT2D eigenvalue weighted by Gasteiger charge is -2.36. The SMILES string of the molecule is C.Cc1c(Cl)c(C(F)(F)F)nn1CC(=O)N1CCN(c2ccc(Cl)c(N(C)C)c2)CC1.Cc1c(Cl)c(C(F)(F)F)nn1CC(=O)N1CCN(c2ccc(Cl)c(N)c2)CC1. The normalized spacial score (nSPS) is 14.8. The molecule has 6 rings (SSSR count). The highest BCUT2D eigenvalue weighted by molar-refractivity contribution is 6.34. The van der Waals surface area contributed by atoms with E-state index in [9.17, 15) is 35.9 Å². The number of hydrogen-bond donors (Lipinski definition) is 1. The Hall–Kier alpha value is -4.26. The quantitative estimate of drug-likeness (QED) is 0.147. The maximum Gasteiger partial charge on any atom is 0.436 e. The molecule has 2 aliphatic rings. The molecule has 22 heteroatoms. The number of piperazine rings is 2. The number of alkyl halides is 6. The second kappa shape index (κ2) is 19.0. The van der Waals surface area contributed by atoms with E-state index in [1.54, 1.807) is 21.9 Å². The number of carbonyl (C=O) groups is 2. The van der Waals surface area contributed by atoms with Gasteiger partial charge in [-0.05, 0) is 50.2 Å². The van der Waals surface area contributed by atoms with E-state index < -0.39 is 33.8 Å². The number of aromatic nitrogens is 4. The van der Waals surface area contributed by atoms with Crippen molar-refractivity contribution in [2.24, 2.45) is 0 Å². The number of anilines is 4. The predicted octanol–water partition coefficient (Wildman–Crippen LogP) is 8.02. The molecular formula is C37H44Cl4F6N10O2. The minimum atomic E-state index is -4.66. The number of halogens is 10. The molecule has 2 N–H and O–H groups in total. The molecule has 12 nitrogen and oxygen atoms in total. The first kappa shape index (κ1) is 47.4. The number of nitrogen functional groups attached to an aromatic ring is 1. The monoisotopic (exact) mass is 914 g/mol. The first-order valence-corrected chi connectivity index (χ1v) is 19.3. The van der Waals surface area contributed by atoms with Crippen molar-refractivity contribution in [2.45, 2.75) is 46.7 Å². The molecule has 59 heavy (non-hydrogen) atoms. The lowest BCUT2D eigenvalue weighted by Crippen LogP contribution is -2.49. The smallest absolute Gasteiger partial charge is 0.397 e. The standard InChI is InChI=1S/C19H22Cl2F3N5O.C17H18Cl2F3N5O.CH4/c1-12-17(21)18(19(22,23)24)25-29(12)11-16(30)28-8-6-27(7-9-28)13-4-5-14(20)15(10-13)26(2)3;1-10-15(19)16(17(20,21)22)24-27(10)9-14(28)26-6-4-25(5-7-26)11-2-3-12(18)13(23)8-11;/h4-5,10H,6-9,11H2,1-3H3;2-3,8H,4-7,9,23H2,1H3;1H4. The Morgan fingerprint density at radius 1 is 0.661 bits per heavy atom. The second-order valence-electron chi connectivity index (χ2n) is 13.8. The summed E-state index contributed by atoms with van der Waals surface area (Å²) in [6.07, 6.45) is -9.33. The molecule has 2 amide bonds. The molecule has 2 aromatic carbocycles. The average Bonchev–Trinajstić information content (AvgIpc) is 3.62. The second-order valence-corrected chi connectivity index (χ2v) is 15.3. The van der Waals surface area contributed by atoms with Crippen LogP contribution in [-0.4, -0.2) is 108 Å². The van der Waals surface area contributed by atoms with Crippen molar-refractivity contribution in [1.82, 2.24) is 29.4 Å². The highest BCUT2D eigenvalue weighted by Crippen LogP contribution is 2.37. The number of nitrogens with zero attached hydrogens (tertiary/aromatic N) is 9. The van der Waals surface area contributed by atoms with E-state index in [-0.39, 0.29) is 43.7 Å². The van der Waals surface area contributed by atoms with E-state index in [1.165, 1.54) is 13.8 Å². The number of amides is 2. The van der Waals surface area contributed by atoms with Gasteiger partial charge in [-0.25, -0.2) is 0 Å². The molecule has 0 atom stereocenters. The van der Waals surface area contributed by atoms with Gasteiger partial charge in [-0.2, -0.15) is 36.5 Å². The van der Waals surface area contributed by atoms with E-state index in [0.29, 0.717) is 68.1 Å². The third-order valence-corrected chi connectivity index (χ3v) is 11.3. The van der Waals surface area contributed by atoms with E-state index in [4.69, 9.17) is 52.1 Å². The molecule has 2 fully saturated rings. The van der Waals surface area contributed by atoms with Crippen molar-refractivity contribution in [1.29, 1.82) is 0 Å². The highest BCUT2D eigenvalue weighted by atomic mass is 35.5. The van der Waals surface area contributed by atoms with E-state index in [0.717, 1.165) is 26.4 Å². The molecule has 2 aromatic heterocycles. The minimum absolute atomic E-state index is 0. The fraction of sp³-hybridized carbons (Fsp3) is 0.459. The largest absolute Gasteiger partial charge is 0.436 e. The molecular weight excluding hydrogens is 872 g/mol. The average molecular weight is 917 g/mol. The Bertz CT molecular complexity index is 2130. The lowest BCUT2D eigenvalue weighted by atomic mass is 10.2. The van der Waals surface area contributed by atoms with Crippen LogP contribution in [0.4, 0.5) is 49.1 Å². The molecule has 4 aromatic rings. The number of nitrogens with two attached hydrogens (primary N) is 1. The van der Waals surface area contributed by atoms with Gasteiger partial charge in [0.1, 0.15) is 13.1 Å². The van der Waals surface area contributed by atoms with Crippen LogP contribution >= 0.6 is 46.4 Å². The van der Waals surface area contributed by atoms with Gasteiger partial charge < -0.3 is 30.2 Å². The van der Waals surface area contributed by atoms with Crippen molar-refractivity contribution in [3.8, 4) is 0 Å². The third-order valence-electron chi connectivity index (χ3n) is 9.76. The van der Waals surface area contributed by atoms with Gasteiger partial charge in [-0.3, -0.25) is 19.0 Å². The molecule has 0 bridgehead atoms. The molecule has 4 heterocycles. The maximum absolute atomic E-state index is 13.0. The number of rotatable bonds is 7. The molecule has 0 spiro atoms. The van der Waals surface area contributed by atoms with Gasteiger partial charge in [-0.15, -0.1) is 0 Å². The molecule has 0 radical (unpaired) electrons. The van der Waals surface area contributed by atoms with Crippen molar-refractivity contribution in [3.63, 3.8) is 0 Å². The summed E-state index contributed by atoms with van der Waals surface area (Å²) in [5.41, 5.74) is 6.99. The number of carbonyl (C=O) groups excluding carboxylic acids is 2. The zero-order valence-corrected chi connectivity index (χ0v) is 34.8. The number of hydrogen-bond acceptors (Lipinski definition) is 8. The first-order chi connectivity index (χ1) is 27.1. The Morgan fingerprint density at radius 3 is 1.37 bits per heavy atom. The third kappa shape index (κ3) is 11.1. The van der Waals surface area contributed by atoms with Crippen LogP contribution in [0.25, 0.3) is 0 Å². The van der Waals surface area contributed by atoms with E-state index in [2.05, 4.69) is 20.0 Å². The summed E-state index contributed by atoms with van der Waals surface area (Å²) in [5, 5.41) is 7.15. The van der Waals surface area contributed by atoms with Crippen LogP contribution in [0, 0.1) is 13.8 Å². The van der Waals surface area contributed by atoms with Gasteiger partial charge >= 0.3 is 12.4 Å². The molecule has 0 unspecified atom stereocenters. The van der Waals surface area contributed by atoms with Crippen molar-refractivity contribution >= 4 is 81.0 Å². The summed E-state index contributed by atoms with van der Waals surface area (Å²) in [7, 11) is 3.82. The summed E-state index contributed by atoms with van der Waals surface area (Å²) >= 11 is 23.6. The van der Waals surface area contributed by atoms with Crippen molar-refractivity contribution < 1.29 is 35.9 Å². The minimum Gasteiger partial charge on any atom is -0.397 e. The summed E-state index contributed by atoms with van der Waals surface area (Å²) in [4.78, 5) is 34.5. The van der Waals surface area contributed by atoms with Gasteiger partial charge in [0, 0.05) is 77.8 Å². The highest BCUT2D eigenvalue weighted by Gasteiger charge is 2.40. The van der Waals surface area contributed by atoms with Crippen LogP contribution in [0.3, 0.4) is 0 Å². The van der Waals surface area contributed by atoms with Crippen LogP contribution in [0.5, 0.6) is 0 Å². The fourth-order valence-corrected chi connectivity index (χ4v) is 7.26. The van der Waals surface area contributed by atoms with E-state index in [1.807, 2.05) is 43.3 Å². The van der Waals surface area contributed by atoms with Gasteiger partial charge in [0.25, 0.3) is 0 Å². The van der Waals surface area contributed by atoms with E-state index >= 15 is 0 Å². The molecule has 2 aliphatic heterocycles. The summed E-state index contributed by atoms with van der Waals surface area (Å²) in [5.74, 6) is -0.609. The summed E-state index contributed by atoms with van der Waals surface area (Å²) in [6, 6.07) is 11.1. The molecule has 2 saturated heterocycles. The summed E-state index contributed by atoms with van der Waals surface area (Å²) < 4.78 is 79.7. The Balaban J connectivity index is 0.000000257. The zero-order chi connectivity index (χ0) is 42.9. The lowest BCUT2D eigenvalue weighted by molar-refractivity contribution is -0.142. The van der Waals surface area contributed by atoms with Crippen molar-refractivity contribution in [3.05, 3.63) is 79.3 Å². The fourth-order valence-electron chi connectivity index (χ4n) is 6.37. The zero-order valence-electron chi connectivity index (χ0n) is 31.7. The van der Waals surface area contributed by atoms with Crippen LogP contribution in [0.15, 0.2) is 36.4 Å².